The molecule has 148 valence electrons. The smallest absolute Gasteiger partial charge is 0.225 e. The number of nitrogens with zero attached hydrogens (tertiary/aromatic N) is 3. The SMILES string of the molecule is COc1cccc(NC(=O)CCSc2nnc3c(n2)-c2cccc4cccc-3c24)c1. The third-order valence-corrected chi connectivity index (χ3v) is 5.84. The third-order valence-electron chi connectivity index (χ3n) is 5.00. The Labute approximate surface area is 177 Å². The Kier molecular flexibility index (Phi) is 4.80. The molecule has 3 aromatic carbocycles. The number of methoxy groups -OCH3 is 1. The Bertz CT molecular complexity index is 1270. The molecule has 0 spiro atoms. The fraction of sp³-hybridized carbons (Fsp3) is 0.130. The van der Waals surface area contributed by atoms with Crippen molar-refractivity contribution in [1.82, 2.24) is 15.2 Å². The molecule has 0 fully saturated rings. The van der Waals surface area contributed by atoms with Crippen LogP contribution in [0.25, 0.3) is 33.3 Å². The number of fused-ring (bicyclic) bond motifs is 3. The van der Waals surface area contributed by atoms with Crippen LogP contribution in [0.1, 0.15) is 6.42 Å². The fourth-order valence-corrected chi connectivity index (χ4v) is 4.36. The van der Waals surface area contributed by atoms with Gasteiger partial charge in [-0.2, -0.15) is 0 Å². The average Bonchev–Trinajstić information content (AvgIpc) is 3.09. The van der Waals surface area contributed by atoms with Gasteiger partial charge in [0.15, 0.2) is 0 Å². The Morgan fingerprint density at radius 2 is 1.77 bits per heavy atom. The number of nitrogens with one attached hydrogen (secondary N) is 1. The van der Waals surface area contributed by atoms with Crippen LogP contribution in [0.3, 0.4) is 0 Å². The van der Waals surface area contributed by atoms with Crippen molar-refractivity contribution in [3.8, 4) is 28.3 Å². The minimum Gasteiger partial charge on any atom is -0.497 e. The molecular formula is C23H18N4O2S. The Morgan fingerprint density at radius 3 is 2.57 bits per heavy atom. The van der Waals surface area contributed by atoms with Crippen molar-refractivity contribution in [2.75, 3.05) is 18.2 Å². The minimum absolute atomic E-state index is 0.0676. The van der Waals surface area contributed by atoms with Crippen LogP contribution in [-0.2, 0) is 4.79 Å². The van der Waals surface area contributed by atoms with Crippen LogP contribution >= 0.6 is 11.8 Å². The number of hydrogen-bond acceptors (Lipinski definition) is 6. The zero-order valence-electron chi connectivity index (χ0n) is 16.3. The molecule has 1 heterocycles. The maximum Gasteiger partial charge on any atom is 0.225 e. The van der Waals surface area contributed by atoms with E-state index in [9.17, 15) is 4.79 Å². The molecule has 0 unspecified atom stereocenters. The van der Waals surface area contributed by atoms with E-state index in [2.05, 4.69) is 39.8 Å². The summed E-state index contributed by atoms with van der Waals surface area (Å²) < 4.78 is 5.18. The van der Waals surface area contributed by atoms with E-state index in [1.807, 2.05) is 30.3 Å². The molecule has 30 heavy (non-hydrogen) atoms. The van der Waals surface area contributed by atoms with E-state index >= 15 is 0 Å². The van der Waals surface area contributed by atoms with E-state index in [4.69, 9.17) is 9.72 Å². The first-order valence-electron chi connectivity index (χ1n) is 9.57. The lowest BCUT2D eigenvalue weighted by molar-refractivity contribution is -0.115. The van der Waals surface area contributed by atoms with Crippen molar-refractivity contribution in [3.63, 3.8) is 0 Å². The van der Waals surface area contributed by atoms with E-state index in [0.29, 0.717) is 28.8 Å². The average molecular weight is 414 g/mol. The number of aromatic nitrogens is 3. The van der Waals surface area contributed by atoms with Crippen LogP contribution in [-0.4, -0.2) is 34.0 Å². The lowest BCUT2D eigenvalue weighted by Gasteiger charge is -2.07. The van der Waals surface area contributed by atoms with Gasteiger partial charge in [0.2, 0.25) is 11.1 Å². The molecule has 4 aromatic rings. The summed E-state index contributed by atoms with van der Waals surface area (Å²) in [5.41, 5.74) is 4.56. The summed E-state index contributed by atoms with van der Waals surface area (Å²) >= 11 is 1.43. The lowest BCUT2D eigenvalue weighted by atomic mass is 10.0. The number of ether oxygens (including phenoxy) is 1. The van der Waals surface area contributed by atoms with Crippen molar-refractivity contribution in [3.05, 3.63) is 60.7 Å². The second-order valence-electron chi connectivity index (χ2n) is 6.88. The number of carbonyl (C=O) groups is 1. The van der Waals surface area contributed by atoms with Gasteiger partial charge in [0.1, 0.15) is 17.1 Å². The van der Waals surface area contributed by atoms with Gasteiger partial charge >= 0.3 is 0 Å². The number of rotatable bonds is 6. The summed E-state index contributed by atoms with van der Waals surface area (Å²) in [4.78, 5) is 17.0. The van der Waals surface area contributed by atoms with E-state index in [1.54, 1.807) is 13.2 Å². The van der Waals surface area contributed by atoms with Gasteiger partial charge in [0.25, 0.3) is 0 Å². The monoisotopic (exact) mass is 414 g/mol. The Balaban J connectivity index is 1.27. The van der Waals surface area contributed by atoms with Crippen molar-refractivity contribution in [1.29, 1.82) is 0 Å². The Morgan fingerprint density at radius 1 is 1.00 bits per heavy atom. The largest absolute Gasteiger partial charge is 0.497 e. The predicted molar refractivity (Wildman–Crippen MR) is 119 cm³/mol. The molecule has 5 rings (SSSR count). The van der Waals surface area contributed by atoms with Crippen LogP contribution in [0.5, 0.6) is 5.75 Å². The molecule has 1 aliphatic carbocycles. The fourth-order valence-electron chi connectivity index (χ4n) is 3.64. The molecule has 0 radical (unpaired) electrons. The van der Waals surface area contributed by atoms with Gasteiger partial charge < -0.3 is 10.1 Å². The topological polar surface area (TPSA) is 77.0 Å². The molecule has 6 nitrogen and oxygen atoms in total. The van der Waals surface area contributed by atoms with E-state index in [0.717, 1.165) is 22.5 Å². The number of amides is 1. The highest BCUT2D eigenvalue weighted by atomic mass is 32.2. The molecule has 0 saturated carbocycles. The van der Waals surface area contributed by atoms with Crippen LogP contribution in [0.15, 0.2) is 65.8 Å². The molecule has 1 amide bonds. The maximum absolute atomic E-state index is 12.2. The highest BCUT2D eigenvalue weighted by Gasteiger charge is 2.24. The molecule has 1 aliphatic rings. The maximum atomic E-state index is 12.2. The molecular weight excluding hydrogens is 396 g/mol. The van der Waals surface area contributed by atoms with Crippen molar-refractivity contribution in [2.24, 2.45) is 0 Å². The number of hydrogen-bond donors (Lipinski definition) is 1. The number of carbonyl (C=O) groups excluding carboxylic acids is 1. The van der Waals surface area contributed by atoms with E-state index in [-0.39, 0.29) is 5.91 Å². The summed E-state index contributed by atoms with van der Waals surface area (Å²) in [6, 6.07) is 19.7. The first-order chi connectivity index (χ1) is 14.7. The third kappa shape index (κ3) is 3.37. The summed E-state index contributed by atoms with van der Waals surface area (Å²) in [6.45, 7) is 0. The minimum atomic E-state index is -0.0676. The Hall–Kier alpha value is -3.45. The van der Waals surface area contributed by atoms with E-state index in [1.165, 1.54) is 22.5 Å². The summed E-state index contributed by atoms with van der Waals surface area (Å²) in [5.74, 6) is 1.20. The zero-order chi connectivity index (χ0) is 20.5. The van der Waals surface area contributed by atoms with Gasteiger partial charge in [-0.15, -0.1) is 10.2 Å². The number of benzene rings is 3. The van der Waals surface area contributed by atoms with Gasteiger partial charge in [-0.3, -0.25) is 4.79 Å². The molecule has 0 bridgehead atoms. The quantitative estimate of drug-likeness (QED) is 0.402. The van der Waals surface area contributed by atoms with Crippen molar-refractivity contribution >= 4 is 34.1 Å². The number of thioether (sulfide) groups is 1. The summed E-state index contributed by atoms with van der Waals surface area (Å²) in [6.07, 6.45) is 0.345. The summed E-state index contributed by atoms with van der Waals surface area (Å²) in [5, 5.41) is 14.5. The molecule has 0 aliphatic heterocycles. The lowest BCUT2D eigenvalue weighted by Crippen LogP contribution is -2.12. The number of anilines is 1. The van der Waals surface area contributed by atoms with Gasteiger partial charge in [-0.05, 0) is 17.5 Å². The predicted octanol–water partition coefficient (Wildman–Crippen LogP) is 4.80. The molecule has 1 aromatic heterocycles. The van der Waals surface area contributed by atoms with Crippen molar-refractivity contribution in [2.45, 2.75) is 11.6 Å². The highest BCUT2D eigenvalue weighted by Crippen LogP contribution is 2.44. The molecule has 0 saturated heterocycles. The molecule has 7 heteroatoms. The van der Waals surface area contributed by atoms with Gasteiger partial charge in [0, 0.05) is 40.4 Å². The van der Waals surface area contributed by atoms with Crippen LogP contribution in [0.2, 0.25) is 0 Å². The van der Waals surface area contributed by atoms with Crippen LogP contribution < -0.4 is 10.1 Å². The standard InChI is InChI=1S/C23H18N4O2S/c1-29-16-8-4-7-15(13-16)24-19(28)11-12-30-23-25-21-17-9-2-5-14-6-3-10-18(20(14)17)22(21)26-27-23/h2-10,13H,11-12H2,1H3,(H,24,28). The van der Waals surface area contributed by atoms with Crippen LogP contribution in [0.4, 0.5) is 5.69 Å². The van der Waals surface area contributed by atoms with Crippen LogP contribution in [0, 0.1) is 0 Å². The second kappa shape index (κ2) is 7.76. The van der Waals surface area contributed by atoms with Crippen molar-refractivity contribution < 1.29 is 9.53 Å². The summed E-state index contributed by atoms with van der Waals surface area (Å²) in [7, 11) is 1.60. The zero-order valence-corrected chi connectivity index (χ0v) is 17.1. The molecule has 0 atom stereocenters. The highest BCUT2D eigenvalue weighted by molar-refractivity contribution is 7.99. The first kappa shape index (κ1) is 18.6. The molecule has 1 N–H and O–H groups in total. The second-order valence-corrected chi connectivity index (χ2v) is 7.94. The first-order valence-corrected chi connectivity index (χ1v) is 10.6. The van der Waals surface area contributed by atoms with Gasteiger partial charge in [-0.25, -0.2) is 4.98 Å². The van der Waals surface area contributed by atoms with Gasteiger partial charge in [0.05, 0.1) is 7.11 Å². The van der Waals surface area contributed by atoms with E-state index < -0.39 is 0 Å². The normalized spacial score (nSPS) is 11.4. The van der Waals surface area contributed by atoms with Gasteiger partial charge in [-0.1, -0.05) is 54.2 Å².